The summed E-state index contributed by atoms with van der Waals surface area (Å²) in [4.78, 5) is 12.0. The van der Waals surface area contributed by atoms with Gasteiger partial charge < -0.3 is 15.4 Å². The van der Waals surface area contributed by atoms with Gasteiger partial charge in [-0.05, 0) is 48.9 Å². The Morgan fingerprint density at radius 3 is 2.36 bits per heavy atom. The second kappa shape index (κ2) is 8.99. The smallest absolute Gasteiger partial charge is 0.243 e. The summed E-state index contributed by atoms with van der Waals surface area (Å²) in [5.74, 6) is 0.486. The zero-order valence-electron chi connectivity index (χ0n) is 13.5. The maximum atomic E-state index is 12.0. The molecule has 0 saturated carbocycles. The molecule has 0 bridgehead atoms. The van der Waals surface area contributed by atoms with Crippen LogP contribution in [0.1, 0.15) is 6.92 Å². The van der Waals surface area contributed by atoms with Gasteiger partial charge in [0.2, 0.25) is 5.91 Å². The number of ether oxygens (including phenoxy) is 1. The highest BCUT2D eigenvalue weighted by molar-refractivity contribution is 6.44. The van der Waals surface area contributed by atoms with E-state index in [9.17, 15) is 4.79 Å². The van der Waals surface area contributed by atoms with Crippen LogP contribution in [0.15, 0.2) is 48.6 Å². The van der Waals surface area contributed by atoms with Crippen molar-refractivity contribution >= 4 is 52.1 Å². The van der Waals surface area contributed by atoms with E-state index in [0.29, 0.717) is 38.8 Å². The quantitative estimate of drug-likeness (QED) is 0.467. The average Bonchev–Trinajstić information content (AvgIpc) is 2.56. The van der Waals surface area contributed by atoms with Crippen molar-refractivity contribution in [3.63, 3.8) is 0 Å². The maximum absolute atomic E-state index is 12.0. The zero-order chi connectivity index (χ0) is 18.4. The summed E-state index contributed by atoms with van der Waals surface area (Å²) >= 11 is 17.9. The summed E-state index contributed by atoms with van der Waals surface area (Å²) in [7, 11) is 0. The highest BCUT2D eigenvalue weighted by Crippen LogP contribution is 2.32. The van der Waals surface area contributed by atoms with Crippen molar-refractivity contribution in [2.75, 3.05) is 23.8 Å². The minimum absolute atomic E-state index is 0.0333. The summed E-state index contributed by atoms with van der Waals surface area (Å²) in [6, 6.07) is 10.2. The van der Waals surface area contributed by atoms with Gasteiger partial charge >= 0.3 is 0 Å². The van der Waals surface area contributed by atoms with Crippen LogP contribution in [0.4, 0.5) is 11.4 Å². The molecule has 2 N–H and O–H groups in total. The highest BCUT2D eigenvalue weighted by atomic mass is 35.5. The van der Waals surface area contributed by atoms with E-state index >= 15 is 0 Å². The van der Waals surface area contributed by atoms with E-state index in [2.05, 4.69) is 17.2 Å². The van der Waals surface area contributed by atoms with Crippen LogP contribution in [0, 0.1) is 0 Å². The van der Waals surface area contributed by atoms with E-state index in [1.165, 1.54) is 6.07 Å². The van der Waals surface area contributed by atoms with E-state index < -0.39 is 0 Å². The van der Waals surface area contributed by atoms with Crippen LogP contribution in [0.2, 0.25) is 15.1 Å². The number of anilines is 2. The van der Waals surface area contributed by atoms with E-state index in [-0.39, 0.29) is 12.5 Å². The summed E-state index contributed by atoms with van der Waals surface area (Å²) in [5, 5.41) is 6.80. The van der Waals surface area contributed by atoms with Gasteiger partial charge in [-0.2, -0.15) is 0 Å². The largest absolute Gasteiger partial charge is 0.489 e. The first-order valence-corrected chi connectivity index (χ1v) is 8.54. The van der Waals surface area contributed by atoms with Crippen LogP contribution in [0.25, 0.3) is 0 Å². The van der Waals surface area contributed by atoms with Crippen molar-refractivity contribution < 1.29 is 9.53 Å². The predicted octanol–water partition coefficient (Wildman–Crippen LogP) is 5.65. The standard InChI is InChI=1S/C18H17Cl3N2O2/c1-11(2)10-25-13-5-3-12(4-6-13)23-18(24)9-22-17-8-15(20)14(19)7-16(17)21/h3-8,22H,1,9-10H2,2H3,(H,23,24). The van der Waals surface area contributed by atoms with Crippen molar-refractivity contribution in [3.8, 4) is 5.75 Å². The second-order valence-electron chi connectivity index (χ2n) is 5.42. The Hall–Kier alpha value is -1.88. The number of halogens is 3. The maximum Gasteiger partial charge on any atom is 0.243 e. The SMILES string of the molecule is C=C(C)COc1ccc(NC(=O)CNc2cc(Cl)c(Cl)cc2Cl)cc1. The molecule has 2 rings (SSSR count). The van der Waals surface area contributed by atoms with Crippen molar-refractivity contribution in [3.05, 3.63) is 63.6 Å². The number of carbonyl (C=O) groups is 1. The number of rotatable bonds is 7. The molecular formula is C18H17Cl3N2O2. The first kappa shape index (κ1) is 19.4. The Kier molecular flexibility index (Phi) is 7.00. The summed E-state index contributed by atoms with van der Waals surface area (Å²) in [6.07, 6.45) is 0. The van der Waals surface area contributed by atoms with Crippen LogP contribution < -0.4 is 15.4 Å². The Morgan fingerprint density at radius 2 is 1.72 bits per heavy atom. The van der Waals surface area contributed by atoms with E-state index in [1.54, 1.807) is 30.3 Å². The first-order valence-electron chi connectivity index (χ1n) is 7.40. The van der Waals surface area contributed by atoms with Gasteiger partial charge in [0, 0.05) is 5.69 Å². The lowest BCUT2D eigenvalue weighted by molar-refractivity contribution is -0.114. The molecule has 0 unspecified atom stereocenters. The first-order chi connectivity index (χ1) is 11.8. The number of benzene rings is 2. The van der Waals surface area contributed by atoms with Crippen molar-refractivity contribution in [2.24, 2.45) is 0 Å². The molecule has 0 aliphatic heterocycles. The fourth-order valence-electron chi connectivity index (χ4n) is 1.88. The molecule has 2 aromatic carbocycles. The molecule has 4 nitrogen and oxygen atoms in total. The number of nitrogens with one attached hydrogen (secondary N) is 2. The fraction of sp³-hybridized carbons (Fsp3) is 0.167. The number of amides is 1. The minimum atomic E-state index is -0.224. The van der Waals surface area contributed by atoms with Crippen molar-refractivity contribution in [1.29, 1.82) is 0 Å². The van der Waals surface area contributed by atoms with Gasteiger partial charge in [-0.1, -0.05) is 41.4 Å². The van der Waals surface area contributed by atoms with Crippen LogP contribution >= 0.6 is 34.8 Å². The Labute approximate surface area is 161 Å². The molecule has 0 aliphatic rings. The molecule has 0 fully saturated rings. The van der Waals surface area contributed by atoms with Gasteiger partial charge in [-0.3, -0.25) is 4.79 Å². The third kappa shape index (κ3) is 6.16. The lowest BCUT2D eigenvalue weighted by Gasteiger charge is -2.11. The van der Waals surface area contributed by atoms with E-state index in [1.807, 2.05) is 6.92 Å². The molecule has 0 heterocycles. The molecule has 0 atom stereocenters. The Morgan fingerprint density at radius 1 is 1.08 bits per heavy atom. The van der Waals surface area contributed by atoms with E-state index in [4.69, 9.17) is 39.5 Å². The lowest BCUT2D eigenvalue weighted by atomic mass is 10.3. The number of carbonyl (C=O) groups excluding carboxylic acids is 1. The molecule has 7 heteroatoms. The zero-order valence-corrected chi connectivity index (χ0v) is 15.8. The third-order valence-corrected chi connectivity index (χ3v) is 4.11. The summed E-state index contributed by atoms with van der Waals surface area (Å²) in [5.41, 5.74) is 2.13. The van der Waals surface area contributed by atoms with Gasteiger partial charge in [0.25, 0.3) is 0 Å². The van der Waals surface area contributed by atoms with Crippen molar-refractivity contribution in [2.45, 2.75) is 6.92 Å². The fourth-order valence-corrected chi connectivity index (χ4v) is 2.49. The molecule has 0 saturated heterocycles. The summed E-state index contributed by atoms with van der Waals surface area (Å²) < 4.78 is 5.50. The average molecular weight is 400 g/mol. The second-order valence-corrected chi connectivity index (χ2v) is 6.64. The van der Waals surface area contributed by atoms with Gasteiger partial charge in [0.05, 0.1) is 27.3 Å². The molecule has 0 radical (unpaired) electrons. The molecule has 0 aliphatic carbocycles. The number of hydrogen-bond acceptors (Lipinski definition) is 3. The molecule has 1 amide bonds. The lowest BCUT2D eigenvalue weighted by Crippen LogP contribution is -2.21. The van der Waals surface area contributed by atoms with Crippen LogP contribution in [0.3, 0.4) is 0 Å². The topological polar surface area (TPSA) is 50.4 Å². The Balaban J connectivity index is 1.88. The predicted molar refractivity (Wildman–Crippen MR) is 105 cm³/mol. The third-order valence-electron chi connectivity index (χ3n) is 3.07. The molecule has 25 heavy (non-hydrogen) atoms. The van der Waals surface area contributed by atoms with Crippen LogP contribution in [-0.2, 0) is 4.79 Å². The van der Waals surface area contributed by atoms with Gasteiger partial charge in [-0.25, -0.2) is 0 Å². The Bertz CT molecular complexity index is 777. The van der Waals surface area contributed by atoms with Gasteiger partial charge in [0.15, 0.2) is 0 Å². The highest BCUT2D eigenvalue weighted by Gasteiger charge is 2.08. The van der Waals surface area contributed by atoms with E-state index in [0.717, 1.165) is 5.57 Å². The van der Waals surface area contributed by atoms with Crippen LogP contribution in [-0.4, -0.2) is 19.1 Å². The molecule has 0 aromatic heterocycles. The number of hydrogen-bond donors (Lipinski definition) is 2. The van der Waals surface area contributed by atoms with Gasteiger partial charge in [0.1, 0.15) is 12.4 Å². The normalized spacial score (nSPS) is 10.2. The molecule has 0 spiro atoms. The molecule has 132 valence electrons. The van der Waals surface area contributed by atoms with Crippen LogP contribution in [0.5, 0.6) is 5.75 Å². The van der Waals surface area contributed by atoms with Gasteiger partial charge in [-0.15, -0.1) is 0 Å². The summed E-state index contributed by atoms with van der Waals surface area (Å²) in [6.45, 7) is 6.16. The molecular weight excluding hydrogens is 383 g/mol. The van der Waals surface area contributed by atoms with Crippen molar-refractivity contribution in [1.82, 2.24) is 0 Å². The monoisotopic (exact) mass is 398 g/mol. The molecule has 2 aromatic rings. The minimum Gasteiger partial charge on any atom is -0.489 e.